The fourth-order valence-corrected chi connectivity index (χ4v) is 5.34. The predicted molar refractivity (Wildman–Crippen MR) is 150 cm³/mol. The summed E-state index contributed by atoms with van der Waals surface area (Å²) in [6, 6.07) is 5.84. The normalized spacial score (nSPS) is 18.3. The molecule has 1 saturated heterocycles. The van der Waals surface area contributed by atoms with Crippen LogP contribution in [-0.2, 0) is 33.0 Å². The van der Waals surface area contributed by atoms with Crippen LogP contribution < -0.4 is 5.32 Å². The van der Waals surface area contributed by atoms with E-state index in [0.29, 0.717) is 20.9 Å². The van der Waals surface area contributed by atoms with Crippen molar-refractivity contribution in [1.82, 2.24) is 29.8 Å². The number of carbonyl (C=O) groups excluding carboxylic acids is 5. The Morgan fingerprint density at radius 2 is 1.71 bits per heavy atom. The molecule has 45 heavy (non-hydrogen) atoms. The van der Waals surface area contributed by atoms with E-state index in [1.54, 1.807) is 26.4 Å². The summed E-state index contributed by atoms with van der Waals surface area (Å²) >= 11 is 0. The van der Waals surface area contributed by atoms with Crippen molar-refractivity contribution in [2.24, 2.45) is 0 Å². The number of likely N-dealkylation sites (N-methyl/N-ethyl adjacent to an activating group) is 1. The molecule has 0 radical (unpaired) electrons. The van der Waals surface area contributed by atoms with Crippen molar-refractivity contribution in [3.05, 3.63) is 77.4 Å². The van der Waals surface area contributed by atoms with E-state index < -0.39 is 66.7 Å². The van der Waals surface area contributed by atoms with Crippen molar-refractivity contribution < 1.29 is 41.5 Å². The fraction of sp³-hybridized carbons (Fsp3) is 0.333. The van der Waals surface area contributed by atoms with Gasteiger partial charge in [-0.05, 0) is 41.8 Å². The Kier molecular flexibility index (Phi) is 7.97. The highest BCUT2D eigenvalue weighted by Gasteiger charge is 2.58. The van der Waals surface area contributed by atoms with Crippen LogP contribution in [0.15, 0.2) is 54.9 Å². The number of ketones is 1. The molecule has 2 heterocycles. The summed E-state index contributed by atoms with van der Waals surface area (Å²) in [5.41, 5.74) is -0.143. The number of Topliss-reactive ketones (excluding diaryl/α,β-unsaturated/α-hetero) is 1. The molecule has 1 aromatic heterocycles. The number of urea groups is 1. The summed E-state index contributed by atoms with van der Waals surface area (Å²) < 4.78 is 55.9. The first-order chi connectivity index (χ1) is 21.1. The van der Waals surface area contributed by atoms with Gasteiger partial charge in [0.2, 0.25) is 11.8 Å². The van der Waals surface area contributed by atoms with Crippen molar-refractivity contribution in [2.45, 2.75) is 44.2 Å². The van der Waals surface area contributed by atoms with Gasteiger partial charge in [0.1, 0.15) is 24.9 Å². The monoisotopic (exact) mass is 628 g/mol. The van der Waals surface area contributed by atoms with Gasteiger partial charge in [-0.25, -0.2) is 9.18 Å². The van der Waals surface area contributed by atoms with Gasteiger partial charge in [0.25, 0.3) is 5.91 Å². The number of amides is 5. The van der Waals surface area contributed by atoms with Crippen LogP contribution in [0.3, 0.4) is 0 Å². The van der Waals surface area contributed by atoms with Gasteiger partial charge in [-0.2, -0.15) is 18.3 Å². The molecule has 2 aromatic carbocycles. The van der Waals surface area contributed by atoms with Gasteiger partial charge in [-0.1, -0.05) is 24.3 Å². The molecular formula is C30H28F4N6O5. The maximum absolute atomic E-state index is 13.7. The fourth-order valence-electron chi connectivity index (χ4n) is 5.34. The van der Waals surface area contributed by atoms with Crippen molar-refractivity contribution in [3.8, 4) is 11.1 Å². The molecule has 236 valence electrons. The van der Waals surface area contributed by atoms with Crippen molar-refractivity contribution in [2.75, 3.05) is 20.6 Å². The first-order valence-corrected chi connectivity index (χ1v) is 13.8. The number of benzene rings is 2. The van der Waals surface area contributed by atoms with Crippen LogP contribution in [0.4, 0.5) is 22.4 Å². The highest BCUT2D eigenvalue weighted by atomic mass is 19.4. The van der Waals surface area contributed by atoms with Gasteiger partial charge in [0, 0.05) is 44.4 Å². The van der Waals surface area contributed by atoms with Gasteiger partial charge in [0.15, 0.2) is 11.3 Å². The summed E-state index contributed by atoms with van der Waals surface area (Å²) in [5, 5.41) is 6.67. The molecule has 1 spiro atoms. The molecule has 3 aromatic rings. The third-order valence-corrected chi connectivity index (χ3v) is 7.96. The second-order valence-corrected chi connectivity index (χ2v) is 11.2. The lowest BCUT2D eigenvalue weighted by Crippen LogP contribution is -2.51. The SMILES string of the molecule is C[C@H](N(Cc1ccc(F)cc1)C(=O)CN1C(=O)NC2(CC(=O)c3cc(-c4cnn(CC(=O)N(C)C)c4)ccc32)C1=O)C(F)(F)F. The molecule has 1 aliphatic heterocycles. The van der Waals surface area contributed by atoms with Crippen LogP contribution in [0, 0.1) is 5.82 Å². The minimum absolute atomic E-state index is 0.00184. The highest BCUT2D eigenvalue weighted by molar-refractivity contribution is 6.17. The van der Waals surface area contributed by atoms with Gasteiger partial charge in [-0.3, -0.25) is 28.8 Å². The minimum Gasteiger partial charge on any atom is -0.347 e. The Hall–Kier alpha value is -5.08. The second kappa shape index (κ2) is 11.4. The summed E-state index contributed by atoms with van der Waals surface area (Å²) in [7, 11) is 3.23. The molecular weight excluding hydrogens is 600 g/mol. The maximum Gasteiger partial charge on any atom is 0.408 e. The Balaban J connectivity index is 1.38. The Morgan fingerprint density at radius 1 is 1.02 bits per heavy atom. The van der Waals surface area contributed by atoms with Crippen LogP contribution in [0.5, 0.6) is 0 Å². The number of alkyl halides is 3. The molecule has 1 fully saturated rings. The number of hydrogen-bond acceptors (Lipinski definition) is 6. The molecule has 0 saturated carbocycles. The molecule has 5 amide bonds. The number of halogens is 4. The third-order valence-electron chi connectivity index (χ3n) is 7.96. The van der Waals surface area contributed by atoms with Crippen LogP contribution in [-0.4, -0.2) is 86.9 Å². The minimum atomic E-state index is -4.83. The lowest BCUT2D eigenvalue weighted by Gasteiger charge is -2.32. The zero-order valence-corrected chi connectivity index (χ0v) is 24.4. The van der Waals surface area contributed by atoms with Gasteiger partial charge in [-0.15, -0.1) is 0 Å². The topological polar surface area (TPSA) is 125 Å². The van der Waals surface area contributed by atoms with Gasteiger partial charge < -0.3 is 15.1 Å². The molecule has 1 N–H and O–H groups in total. The van der Waals surface area contributed by atoms with E-state index in [1.165, 1.54) is 40.0 Å². The Bertz CT molecular complexity index is 1700. The number of hydrogen-bond donors (Lipinski definition) is 1. The third kappa shape index (κ3) is 5.89. The quantitative estimate of drug-likeness (QED) is 0.302. The molecule has 15 heteroatoms. The number of nitrogens with one attached hydrogen (secondary N) is 1. The summed E-state index contributed by atoms with van der Waals surface area (Å²) in [4.78, 5) is 67.5. The lowest BCUT2D eigenvalue weighted by atomic mass is 9.90. The zero-order chi connectivity index (χ0) is 32.8. The number of carbonyl (C=O) groups is 5. The standard InChI is InChI=1S/C30H28F4N6O5/c1-17(30(32,33)34)39(13-18-4-7-21(31)8-5-18)26(43)16-40-27(44)29(36-28(40)45)11-24(41)22-10-19(6-9-23(22)29)20-12-35-38(14-20)15-25(42)37(2)3/h4-10,12,14,17H,11,13,15-16H2,1-3H3,(H,36,45)/t17-,29?/m0/s1. The highest BCUT2D eigenvalue weighted by Crippen LogP contribution is 2.43. The number of fused-ring (bicyclic) bond motifs is 2. The number of imide groups is 1. The molecule has 11 nitrogen and oxygen atoms in total. The first kappa shape index (κ1) is 31.3. The average molecular weight is 629 g/mol. The molecule has 2 aliphatic rings. The Morgan fingerprint density at radius 3 is 2.36 bits per heavy atom. The van der Waals surface area contributed by atoms with Crippen LogP contribution in [0.2, 0.25) is 0 Å². The lowest BCUT2D eigenvalue weighted by molar-refractivity contribution is -0.187. The molecule has 5 rings (SSSR count). The van der Waals surface area contributed by atoms with E-state index in [9.17, 15) is 41.5 Å². The maximum atomic E-state index is 13.7. The number of rotatable bonds is 8. The predicted octanol–water partition coefficient (Wildman–Crippen LogP) is 3.09. The van der Waals surface area contributed by atoms with Crippen LogP contribution >= 0.6 is 0 Å². The van der Waals surface area contributed by atoms with E-state index in [0.717, 1.165) is 19.1 Å². The smallest absolute Gasteiger partial charge is 0.347 e. The van der Waals surface area contributed by atoms with E-state index in [4.69, 9.17) is 0 Å². The average Bonchev–Trinajstić information content (AvgIpc) is 3.62. The molecule has 0 bridgehead atoms. The molecule has 1 aliphatic carbocycles. The van der Waals surface area contributed by atoms with E-state index >= 15 is 0 Å². The van der Waals surface area contributed by atoms with Crippen LogP contribution in [0.1, 0.15) is 34.8 Å². The summed E-state index contributed by atoms with van der Waals surface area (Å²) in [6.45, 7) is -0.806. The molecule has 1 unspecified atom stereocenters. The number of aromatic nitrogens is 2. The largest absolute Gasteiger partial charge is 0.408 e. The Labute approximate surface area is 254 Å². The van der Waals surface area contributed by atoms with Crippen molar-refractivity contribution >= 4 is 29.5 Å². The summed E-state index contributed by atoms with van der Waals surface area (Å²) in [6.07, 6.45) is -2.15. The van der Waals surface area contributed by atoms with Gasteiger partial charge in [0.05, 0.1) is 6.20 Å². The van der Waals surface area contributed by atoms with E-state index in [-0.39, 0.29) is 29.1 Å². The van der Waals surface area contributed by atoms with E-state index in [2.05, 4.69) is 10.4 Å². The zero-order valence-electron chi connectivity index (χ0n) is 24.4. The van der Waals surface area contributed by atoms with Crippen LogP contribution in [0.25, 0.3) is 11.1 Å². The van der Waals surface area contributed by atoms with Gasteiger partial charge >= 0.3 is 12.2 Å². The molecule has 2 atom stereocenters. The van der Waals surface area contributed by atoms with Crippen molar-refractivity contribution in [1.29, 1.82) is 0 Å². The van der Waals surface area contributed by atoms with E-state index in [1.807, 2.05) is 0 Å². The number of nitrogens with zero attached hydrogens (tertiary/aromatic N) is 5. The second-order valence-electron chi connectivity index (χ2n) is 11.2. The first-order valence-electron chi connectivity index (χ1n) is 13.8. The summed E-state index contributed by atoms with van der Waals surface area (Å²) in [5.74, 6) is -3.38. The van der Waals surface area contributed by atoms with Crippen molar-refractivity contribution in [3.63, 3.8) is 0 Å².